The number of likely N-dealkylation sites (N-methyl/N-ethyl adjacent to an activating group) is 1. The molecule has 2 unspecified atom stereocenters. The van der Waals surface area contributed by atoms with Crippen molar-refractivity contribution in [3.8, 4) is 0 Å². The number of carboxylic acids is 1. The van der Waals surface area contributed by atoms with Gasteiger partial charge in [0.1, 0.15) is 13.2 Å². The number of quaternary nitrogens is 1. The molecule has 0 aliphatic heterocycles. The largest absolute Gasteiger partial charge is 0.545 e. The fourth-order valence-corrected chi connectivity index (χ4v) is 11.6. The molecule has 0 heterocycles. The van der Waals surface area contributed by atoms with Gasteiger partial charge in [-0.15, -0.1) is 0 Å². The van der Waals surface area contributed by atoms with Crippen LogP contribution < -0.4 is 5.11 Å². The molecular formula is C84H151NO8. The summed E-state index contributed by atoms with van der Waals surface area (Å²) in [5.41, 5.74) is 0. The first-order chi connectivity index (χ1) is 45.6. The van der Waals surface area contributed by atoms with Gasteiger partial charge < -0.3 is 33.3 Å². The third-order valence-corrected chi connectivity index (χ3v) is 17.7. The van der Waals surface area contributed by atoms with Crippen LogP contribution in [0.4, 0.5) is 0 Å². The number of esters is 2. The lowest BCUT2D eigenvalue weighted by Gasteiger charge is -2.26. The molecule has 93 heavy (non-hydrogen) atoms. The van der Waals surface area contributed by atoms with Crippen molar-refractivity contribution in [1.29, 1.82) is 0 Å². The summed E-state index contributed by atoms with van der Waals surface area (Å²) in [6.07, 6.45) is 98.5. The van der Waals surface area contributed by atoms with Crippen molar-refractivity contribution >= 4 is 17.9 Å². The first kappa shape index (κ1) is 89.5. The van der Waals surface area contributed by atoms with E-state index in [1.165, 1.54) is 250 Å². The van der Waals surface area contributed by atoms with E-state index >= 15 is 0 Å². The third kappa shape index (κ3) is 75.7. The number of carboxylic acid groups (broad SMARTS) is 1. The van der Waals surface area contributed by atoms with Crippen molar-refractivity contribution < 1.29 is 42.9 Å². The molecule has 0 aromatic rings. The van der Waals surface area contributed by atoms with E-state index in [-0.39, 0.29) is 32.2 Å². The van der Waals surface area contributed by atoms with E-state index in [0.717, 1.165) is 89.9 Å². The van der Waals surface area contributed by atoms with Gasteiger partial charge in [-0.1, -0.05) is 375 Å². The van der Waals surface area contributed by atoms with Crippen LogP contribution in [0.1, 0.15) is 373 Å². The van der Waals surface area contributed by atoms with E-state index in [1.807, 2.05) is 21.1 Å². The standard InChI is InChI=1S/C84H151NO8/c1-6-8-10-12-14-16-18-20-22-24-26-28-30-32-34-36-38-39-40-41-42-43-45-46-48-50-52-54-56-58-60-62-64-66-68-70-72-74-81(86)91-78-80(79-92-84(83(88)89)90-77-76-85(3,4)5)93-82(87)75-73-71-69-67-65-63-61-59-57-55-53-51-49-47-44-37-35-33-31-29-27-25-23-21-19-17-15-13-11-9-7-2/h9,11,15,17,21,23,27,29,33,35,44,47,51,53,80,84H,6-8,10,12-14,16,18-20,22,24-26,28,30-32,34,36-43,45-46,48-50,52,54-79H2,1-5H3/b11-9-,17-15-,23-21-,29-27-,35-33-,47-44-,53-51-. The third-order valence-electron chi connectivity index (χ3n) is 17.7. The maximum atomic E-state index is 13.0. The van der Waals surface area contributed by atoms with Crippen LogP contribution in [0.2, 0.25) is 0 Å². The quantitative estimate of drug-likeness (QED) is 0.0195. The number of hydrogen-bond acceptors (Lipinski definition) is 8. The van der Waals surface area contributed by atoms with Gasteiger partial charge in [-0.05, 0) is 70.6 Å². The maximum absolute atomic E-state index is 13.0. The molecule has 0 spiro atoms. The predicted molar refractivity (Wildman–Crippen MR) is 398 cm³/mol. The lowest BCUT2D eigenvalue weighted by Crippen LogP contribution is -2.44. The normalized spacial score (nSPS) is 13.1. The minimum atomic E-state index is -1.63. The van der Waals surface area contributed by atoms with Crippen LogP contribution in [0, 0.1) is 0 Å². The minimum Gasteiger partial charge on any atom is -0.545 e. The van der Waals surface area contributed by atoms with E-state index in [2.05, 4.69) is 98.9 Å². The molecular weight excluding hydrogens is 1150 g/mol. The van der Waals surface area contributed by atoms with E-state index in [4.69, 9.17) is 18.9 Å². The number of hydrogen-bond donors (Lipinski definition) is 0. The number of allylic oxidation sites excluding steroid dienone is 14. The van der Waals surface area contributed by atoms with Gasteiger partial charge in [-0.3, -0.25) is 9.59 Å². The van der Waals surface area contributed by atoms with Crippen LogP contribution in [0.5, 0.6) is 0 Å². The van der Waals surface area contributed by atoms with E-state index < -0.39 is 24.3 Å². The fraction of sp³-hybridized carbons (Fsp3) is 0.798. The second-order valence-electron chi connectivity index (χ2n) is 28.0. The van der Waals surface area contributed by atoms with Crippen molar-refractivity contribution in [3.05, 3.63) is 85.1 Å². The van der Waals surface area contributed by atoms with Crippen LogP contribution in [0.3, 0.4) is 0 Å². The molecule has 9 nitrogen and oxygen atoms in total. The second-order valence-corrected chi connectivity index (χ2v) is 28.0. The SMILES string of the molecule is CC/C=C\C/C=C\C/C=C\C/C=C\C/C=C\C/C=C\C/C=C\CCCCCCCCCCCC(=O)OC(COC(=O)CCCCCCCCCCCCCCCCCCCCCCCCCCCCCCCCCCCCCCC)COC(OCC[N+](C)(C)C)C(=O)[O-]. The fourth-order valence-electron chi connectivity index (χ4n) is 11.6. The number of carbonyl (C=O) groups excluding carboxylic acids is 3. The molecule has 0 aliphatic carbocycles. The Morgan fingerprint density at radius 3 is 0.914 bits per heavy atom. The highest BCUT2D eigenvalue weighted by Gasteiger charge is 2.22. The van der Waals surface area contributed by atoms with Crippen LogP contribution in [-0.4, -0.2) is 82.3 Å². The highest BCUT2D eigenvalue weighted by atomic mass is 16.7. The van der Waals surface area contributed by atoms with Gasteiger partial charge in [0.2, 0.25) is 0 Å². The summed E-state index contributed by atoms with van der Waals surface area (Å²) in [5.74, 6) is -2.28. The Balaban J connectivity index is 4.02. The molecule has 0 saturated carbocycles. The van der Waals surface area contributed by atoms with Gasteiger partial charge in [0.05, 0.1) is 40.3 Å². The van der Waals surface area contributed by atoms with Crippen LogP contribution >= 0.6 is 0 Å². The molecule has 0 N–H and O–H groups in total. The average molecular weight is 1300 g/mol. The smallest absolute Gasteiger partial charge is 0.306 e. The molecule has 540 valence electrons. The number of rotatable bonds is 74. The van der Waals surface area contributed by atoms with E-state index in [1.54, 1.807) is 0 Å². The van der Waals surface area contributed by atoms with Crippen molar-refractivity contribution in [1.82, 2.24) is 0 Å². The Morgan fingerprint density at radius 2 is 0.613 bits per heavy atom. The van der Waals surface area contributed by atoms with Gasteiger partial charge in [0.25, 0.3) is 0 Å². The average Bonchev–Trinajstić information content (AvgIpc) is 3.38. The van der Waals surface area contributed by atoms with Crippen LogP contribution in [0.25, 0.3) is 0 Å². The van der Waals surface area contributed by atoms with Crippen molar-refractivity contribution in [3.63, 3.8) is 0 Å². The number of unbranched alkanes of at least 4 members (excludes halogenated alkanes) is 45. The topological polar surface area (TPSA) is 111 Å². The Labute approximate surface area is 576 Å². The predicted octanol–water partition coefficient (Wildman–Crippen LogP) is 24.0. The number of carbonyl (C=O) groups is 3. The molecule has 0 rings (SSSR count). The zero-order valence-electron chi connectivity index (χ0n) is 61.9. The molecule has 0 saturated heterocycles. The summed E-state index contributed by atoms with van der Waals surface area (Å²) < 4.78 is 22.9. The summed E-state index contributed by atoms with van der Waals surface area (Å²) in [7, 11) is 5.94. The van der Waals surface area contributed by atoms with Gasteiger partial charge in [0.15, 0.2) is 12.4 Å². The highest BCUT2D eigenvalue weighted by molar-refractivity contribution is 5.70. The molecule has 0 radical (unpaired) electrons. The molecule has 0 amide bonds. The summed E-state index contributed by atoms with van der Waals surface area (Å²) >= 11 is 0. The van der Waals surface area contributed by atoms with Gasteiger partial charge >= 0.3 is 11.9 Å². The molecule has 0 aromatic carbocycles. The van der Waals surface area contributed by atoms with Gasteiger partial charge in [0, 0.05) is 12.8 Å². The second kappa shape index (κ2) is 74.3. The Bertz CT molecular complexity index is 1810. The van der Waals surface area contributed by atoms with Crippen molar-refractivity contribution in [2.75, 3.05) is 47.5 Å². The summed E-state index contributed by atoms with van der Waals surface area (Å²) in [6, 6.07) is 0. The lowest BCUT2D eigenvalue weighted by molar-refractivity contribution is -0.870. The monoisotopic (exact) mass is 1300 g/mol. The first-order valence-electron chi connectivity index (χ1n) is 39.7. The number of ether oxygens (including phenoxy) is 4. The number of nitrogens with zero attached hydrogens (tertiary/aromatic N) is 1. The van der Waals surface area contributed by atoms with Crippen molar-refractivity contribution in [2.24, 2.45) is 0 Å². The zero-order chi connectivity index (χ0) is 67.5. The molecule has 0 aromatic heterocycles. The molecule has 2 atom stereocenters. The highest BCUT2D eigenvalue weighted by Crippen LogP contribution is 2.19. The zero-order valence-corrected chi connectivity index (χ0v) is 61.9. The van der Waals surface area contributed by atoms with E-state index in [9.17, 15) is 19.5 Å². The van der Waals surface area contributed by atoms with Crippen LogP contribution in [-0.2, 0) is 33.3 Å². The Hall–Kier alpha value is -3.53. The Morgan fingerprint density at radius 1 is 0.333 bits per heavy atom. The van der Waals surface area contributed by atoms with Crippen LogP contribution in [0.15, 0.2) is 85.1 Å². The Kier molecular flexibility index (Phi) is 71.4. The minimum absolute atomic E-state index is 0.145. The molecule has 0 fully saturated rings. The maximum Gasteiger partial charge on any atom is 0.306 e. The summed E-state index contributed by atoms with van der Waals surface area (Å²) in [5, 5.41) is 11.9. The summed E-state index contributed by atoms with van der Waals surface area (Å²) in [6.45, 7) is 4.68. The van der Waals surface area contributed by atoms with Gasteiger partial charge in [-0.25, -0.2) is 0 Å². The molecule has 9 heteroatoms. The number of aliphatic carboxylic acids is 1. The molecule has 0 bridgehead atoms. The van der Waals surface area contributed by atoms with Gasteiger partial charge in [-0.2, -0.15) is 0 Å². The first-order valence-corrected chi connectivity index (χ1v) is 39.7. The summed E-state index contributed by atoms with van der Waals surface area (Å²) in [4.78, 5) is 37.6. The molecule has 0 aliphatic rings. The lowest BCUT2D eigenvalue weighted by atomic mass is 10.0. The van der Waals surface area contributed by atoms with Crippen molar-refractivity contribution in [2.45, 2.75) is 386 Å². The van der Waals surface area contributed by atoms with E-state index in [0.29, 0.717) is 23.9 Å².